The minimum absolute atomic E-state index is 0.0188. The Kier molecular flexibility index (Phi) is 4.96. The Balaban J connectivity index is 1.70. The standard InChI is InChI=1S/C14H19NO3S/c16-13(8-1-4-10-5-3-9-19-10)15-12-7-2-6-11(12)14(17)18/h3,5,9,11-12H,1-2,4,6-8H2,(H,15,16)(H,17,18)/t11-,12+/m1/s1. The number of carbonyl (C=O) groups excluding carboxylic acids is 1. The second kappa shape index (κ2) is 6.70. The van der Waals surface area contributed by atoms with Crippen molar-refractivity contribution in [2.75, 3.05) is 0 Å². The number of nitrogens with one attached hydrogen (secondary N) is 1. The van der Waals surface area contributed by atoms with Crippen LogP contribution in [0.25, 0.3) is 0 Å². The first-order valence-corrected chi connectivity index (χ1v) is 7.59. The molecular formula is C14H19NO3S. The molecule has 0 unspecified atom stereocenters. The second-order valence-corrected chi connectivity index (χ2v) is 6.01. The molecule has 1 aromatic rings. The van der Waals surface area contributed by atoms with Gasteiger partial charge in [-0.25, -0.2) is 0 Å². The summed E-state index contributed by atoms with van der Waals surface area (Å²) in [5, 5.41) is 14.0. The molecule has 1 fully saturated rings. The first-order valence-electron chi connectivity index (χ1n) is 6.71. The minimum atomic E-state index is -0.790. The number of carboxylic acids is 1. The van der Waals surface area contributed by atoms with Crippen molar-refractivity contribution in [1.29, 1.82) is 0 Å². The summed E-state index contributed by atoms with van der Waals surface area (Å²) in [6.45, 7) is 0. The molecule has 5 heteroatoms. The fraction of sp³-hybridized carbons (Fsp3) is 0.571. The van der Waals surface area contributed by atoms with E-state index in [1.54, 1.807) is 11.3 Å². The summed E-state index contributed by atoms with van der Waals surface area (Å²) in [6, 6.07) is 3.91. The van der Waals surface area contributed by atoms with E-state index in [-0.39, 0.29) is 11.9 Å². The Labute approximate surface area is 116 Å². The average molecular weight is 281 g/mol. The third-order valence-electron chi connectivity index (χ3n) is 3.59. The molecule has 0 bridgehead atoms. The van der Waals surface area contributed by atoms with E-state index >= 15 is 0 Å². The third kappa shape index (κ3) is 4.06. The highest BCUT2D eigenvalue weighted by atomic mass is 32.1. The largest absolute Gasteiger partial charge is 0.481 e. The highest BCUT2D eigenvalue weighted by Crippen LogP contribution is 2.25. The first-order chi connectivity index (χ1) is 9.16. The minimum Gasteiger partial charge on any atom is -0.481 e. The molecule has 0 aromatic carbocycles. The molecule has 0 aliphatic heterocycles. The van der Waals surface area contributed by atoms with Crippen LogP contribution in [0.5, 0.6) is 0 Å². The SMILES string of the molecule is O=C(CCCc1cccs1)N[C@H]1CCC[C@H]1C(=O)O. The van der Waals surface area contributed by atoms with Gasteiger partial charge in [-0.3, -0.25) is 9.59 Å². The fourth-order valence-corrected chi connectivity index (χ4v) is 3.34. The van der Waals surface area contributed by atoms with Crippen LogP contribution in [0.15, 0.2) is 17.5 Å². The van der Waals surface area contributed by atoms with Gasteiger partial charge in [0.1, 0.15) is 0 Å². The van der Waals surface area contributed by atoms with Crippen LogP contribution in [-0.2, 0) is 16.0 Å². The van der Waals surface area contributed by atoms with Gasteiger partial charge in [0.25, 0.3) is 0 Å². The zero-order valence-corrected chi connectivity index (χ0v) is 11.6. The summed E-state index contributed by atoms with van der Waals surface area (Å²) in [5.74, 6) is -1.21. The topological polar surface area (TPSA) is 66.4 Å². The number of carbonyl (C=O) groups is 2. The smallest absolute Gasteiger partial charge is 0.308 e. The maximum Gasteiger partial charge on any atom is 0.308 e. The molecular weight excluding hydrogens is 262 g/mol. The van der Waals surface area contributed by atoms with Gasteiger partial charge in [0, 0.05) is 17.3 Å². The lowest BCUT2D eigenvalue weighted by atomic mass is 10.0. The van der Waals surface area contributed by atoms with Gasteiger partial charge in [0.15, 0.2) is 0 Å². The summed E-state index contributed by atoms with van der Waals surface area (Å²) in [6.07, 6.45) is 4.55. The lowest BCUT2D eigenvalue weighted by molar-refractivity contribution is -0.142. The molecule has 2 rings (SSSR count). The van der Waals surface area contributed by atoms with E-state index in [0.29, 0.717) is 12.8 Å². The Morgan fingerprint density at radius 3 is 2.95 bits per heavy atom. The van der Waals surface area contributed by atoms with Gasteiger partial charge in [-0.15, -0.1) is 11.3 Å². The number of aryl methyl sites for hydroxylation is 1. The van der Waals surface area contributed by atoms with Crippen LogP contribution in [0.3, 0.4) is 0 Å². The number of amides is 1. The fourth-order valence-electron chi connectivity index (χ4n) is 2.59. The Morgan fingerprint density at radius 1 is 1.42 bits per heavy atom. The van der Waals surface area contributed by atoms with E-state index in [1.165, 1.54) is 4.88 Å². The molecule has 19 heavy (non-hydrogen) atoms. The van der Waals surface area contributed by atoms with Crippen molar-refractivity contribution in [3.8, 4) is 0 Å². The zero-order chi connectivity index (χ0) is 13.7. The predicted octanol–water partition coefficient (Wildman–Crippen LogP) is 2.44. The van der Waals surface area contributed by atoms with E-state index in [4.69, 9.17) is 5.11 Å². The Morgan fingerprint density at radius 2 is 2.26 bits per heavy atom. The number of carboxylic acid groups (broad SMARTS) is 1. The molecule has 0 saturated heterocycles. The van der Waals surface area contributed by atoms with Gasteiger partial charge in [-0.1, -0.05) is 12.5 Å². The highest BCUT2D eigenvalue weighted by molar-refractivity contribution is 7.09. The van der Waals surface area contributed by atoms with Crippen molar-refractivity contribution in [2.24, 2.45) is 5.92 Å². The molecule has 1 aliphatic rings. The summed E-state index contributed by atoms with van der Waals surface area (Å²) in [4.78, 5) is 24.1. The van der Waals surface area contributed by atoms with Crippen LogP contribution < -0.4 is 5.32 Å². The van der Waals surface area contributed by atoms with Crippen LogP contribution in [0.2, 0.25) is 0 Å². The van der Waals surface area contributed by atoms with E-state index in [0.717, 1.165) is 25.7 Å². The predicted molar refractivity (Wildman–Crippen MR) is 74.2 cm³/mol. The van der Waals surface area contributed by atoms with Crippen molar-refractivity contribution in [3.05, 3.63) is 22.4 Å². The summed E-state index contributed by atoms with van der Waals surface area (Å²) in [7, 11) is 0. The average Bonchev–Trinajstić information content (AvgIpc) is 2.99. The van der Waals surface area contributed by atoms with E-state index in [1.807, 2.05) is 11.4 Å². The second-order valence-electron chi connectivity index (χ2n) is 4.98. The van der Waals surface area contributed by atoms with Gasteiger partial charge in [-0.2, -0.15) is 0 Å². The van der Waals surface area contributed by atoms with Gasteiger partial charge in [0.2, 0.25) is 5.91 Å². The van der Waals surface area contributed by atoms with Gasteiger partial charge in [0.05, 0.1) is 5.92 Å². The molecule has 1 aliphatic carbocycles. The van der Waals surface area contributed by atoms with E-state index < -0.39 is 11.9 Å². The van der Waals surface area contributed by atoms with Gasteiger partial charge >= 0.3 is 5.97 Å². The van der Waals surface area contributed by atoms with Crippen LogP contribution in [0.1, 0.15) is 37.0 Å². The van der Waals surface area contributed by atoms with E-state index in [9.17, 15) is 9.59 Å². The molecule has 2 atom stereocenters. The van der Waals surface area contributed by atoms with Crippen molar-refractivity contribution in [3.63, 3.8) is 0 Å². The monoisotopic (exact) mass is 281 g/mol. The molecule has 1 saturated carbocycles. The van der Waals surface area contributed by atoms with Crippen LogP contribution in [0, 0.1) is 5.92 Å². The number of hydrogen-bond donors (Lipinski definition) is 2. The number of hydrogen-bond acceptors (Lipinski definition) is 3. The Hall–Kier alpha value is -1.36. The summed E-state index contributed by atoms with van der Waals surface area (Å²) < 4.78 is 0. The normalized spacial score (nSPS) is 22.3. The highest BCUT2D eigenvalue weighted by Gasteiger charge is 2.33. The quantitative estimate of drug-likeness (QED) is 0.841. The van der Waals surface area contributed by atoms with E-state index in [2.05, 4.69) is 11.4 Å². The molecule has 4 nitrogen and oxygen atoms in total. The van der Waals surface area contributed by atoms with Gasteiger partial charge < -0.3 is 10.4 Å². The number of rotatable bonds is 6. The molecule has 1 amide bonds. The van der Waals surface area contributed by atoms with Crippen molar-refractivity contribution in [2.45, 2.75) is 44.6 Å². The maximum absolute atomic E-state index is 11.8. The van der Waals surface area contributed by atoms with Gasteiger partial charge in [-0.05, 0) is 37.1 Å². The van der Waals surface area contributed by atoms with Crippen LogP contribution in [-0.4, -0.2) is 23.0 Å². The molecule has 0 radical (unpaired) electrons. The molecule has 0 spiro atoms. The molecule has 1 aromatic heterocycles. The summed E-state index contributed by atoms with van der Waals surface area (Å²) in [5.41, 5.74) is 0. The molecule has 104 valence electrons. The zero-order valence-electron chi connectivity index (χ0n) is 10.8. The number of aliphatic carboxylic acids is 1. The molecule has 2 N–H and O–H groups in total. The maximum atomic E-state index is 11.8. The van der Waals surface area contributed by atoms with Crippen molar-refractivity contribution < 1.29 is 14.7 Å². The summed E-state index contributed by atoms with van der Waals surface area (Å²) >= 11 is 1.70. The number of thiophene rings is 1. The first kappa shape index (κ1) is 14.1. The van der Waals surface area contributed by atoms with Crippen molar-refractivity contribution in [1.82, 2.24) is 5.32 Å². The third-order valence-corrected chi connectivity index (χ3v) is 4.52. The van der Waals surface area contributed by atoms with Crippen LogP contribution >= 0.6 is 11.3 Å². The lowest BCUT2D eigenvalue weighted by Gasteiger charge is -2.17. The lowest BCUT2D eigenvalue weighted by Crippen LogP contribution is -2.40. The van der Waals surface area contributed by atoms with Crippen molar-refractivity contribution >= 4 is 23.2 Å². The Bertz CT molecular complexity index is 430. The van der Waals surface area contributed by atoms with Crippen LogP contribution in [0.4, 0.5) is 0 Å². The molecule has 1 heterocycles.